The second kappa shape index (κ2) is 9.88. The Kier molecular flexibility index (Phi) is 7.65. The highest BCUT2D eigenvalue weighted by Crippen LogP contribution is 2.25. The molecule has 0 saturated carbocycles. The number of benzene rings is 2. The molecule has 9 heteroatoms. The van der Waals surface area contributed by atoms with E-state index in [0.29, 0.717) is 52.7 Å². The summed E-state index contributed by atoms with van der Waals surface area (Å²) in [5, 5.41) is 3.72. The van der Waals surface area contributed by atoms with Gasteiger partial charge in [0.25, 0.3) is 5.91 Å². The number of carbonyl (C=O) groups is 1. The topological polar surface area (TPSA) is 70.9 Å². The molecule has 168 valence electrons. The lowest BCUT2D eigenvalue weighted by Gasteiger charge is -2.34. The third kappa shape index (κ3) is 5.59. The van der Waals surface area contributed by atoms with Gasteiger partial charge in [0.1, 0.15) is 0 Å². The zero-order chi connectivity index (χ0) is 22.8. The van der Waals surface area contributed by atoms with Gasteiger partial charge in [-0.05, 0) is 48.7 Å². The number of hydrogen-bond donors (Lipinski definition) is 2. The average molecular weight is 485 g/mol. The van der Waals surface area contributed by atoms with Gasteiger partial charge in [-0.2, -0.15) is 4.31 Å². The summed E-state index contributed by atoms with van der Waals surface area (Å²) in [5.74, 6) is 0.165. The summed E-state index contributed by atoms with van der Waals surface area (Å²) < 4.78 is 27.5. The lowest BCUT2D eigenvalue weighted by Crippen LogP contribution is -3.19. The quantitative estimate of drug-likeness (QED) is 0.661. The highest BCUT2D eigenvalue weighted by molar-refractivity contribution is 7.89. The minimum absolute atomic E-state index is 0.181. The zero-order valence-corrected chi connectivity index (χ0v) is 20.2. The van der Waals surface area contributed by atoms with Gasteiger partial charge in [0.05, 0.1) is 41.8 Å². The minimum Gasteiger partial charge on any atom is -0.323 e. The van der Waals surface area contributed by atoms with Crippen molar-refractivity contribution in [3.63, 3.8) is 0 Å². The summed E-state index contributed by atoms with van der Waals surface area (Å²) in [4.78, 5) is 14.0. The number of sulfonamides is 1. The number of halogens is 2. The average Bonchev–Trinajstić information content (AvgIpc) is 2.75. The summed E-state index contributed by atoms with van der Waals surface area (Å²) >= 11 is 12.1. The summed E-state index contributed by atoms with van der Waals surface area (Å²) in [6.45, 7) is 7.78. The highest BCUT2D eigenvalue weighted by atomic mass is 35.5. The molecule has 0 bridgehead atoms. The Morgan fingerprint density at radius 2 is 1.65 bits per heavy atom. The van der Waals surface area contributed by atoms with Crippen LogP contribution in [0.5, 0.6) is 0 Å². The van der Waals surface area contributed by atoms with E-state index in [1.165, 1.54) is 4.31 Å². The van der Waals surface area contributed by atoms with Crippen LogP contribution in [0.15, 0.2) is 47.4 Å². The lowest BCUT2D eigenvalue weighted by molar-refractivity contribution is -0.917. The molecule has 2 aromatic carbocycles. The standard InChI is InChI=1S/C22H27Cl2N3O3S/c1-15(2)17-4-7-19(8-5-17)31(29,30)27-12-10-26(11-13-27)16(3)22(28)25-21-14-18(23)6-9-20(21)24/h4-9,14-16H,10-13H2,1-3H3,(H,25,28)/p+1/t16-/m1/s1. The van der Waals surface area contributed by atoms with Gasteiger partial charge in [0, 0.05) is 5.02 Å². The first-order chi connectivity index (χ1) is 14.6. The number of anilines is 1. The van der Waals surface area contributed by atoms with E-state index in [4.69, 9.17) is 23.2 Å². The van der Waals surface area contributed by atoms with E-state index in [2.05, 4.69) is 19.2 Å². The Labute approximate surface area is 194 Å². The van der Waals surface area contributed by atoms with Crippen LogP contribution in [-0.4, -0.2) is 50.9 Å². The maximum Gasteiger partial charge on any atom is 0.282 e. The summed E-state index contributed by atoms with van der Waals surface area (Å²) in [6, 6.07) is 11.6. The van der Waals surface area contributed by atoms with Crippen LogP contribution < -0.4 is 10.2 Å². The van der Waals surface area contributed by atoms with Crippen molar-refractivity contribution in [2.45, 2.75) is 37.6 Å². The van der Waals surface area contributed by atoms with E-state index < -0.39 is 10.0 Å². The number of rotatable bonds is 6. The Hall–Kier alpha value is -1.64. The fourth-order valence-corrected chi connectivity index (χ4v) is 5.42. The van der Waals surface area contributed by atoms with Crippen LogP contribution in [0.2, 0.25) is 10.0 Å². The predicted molar refractivity (Wildman–Crippen MR) is 125 cm³/mol. The molecule has 1 heterocycles. The number of nitrogens with one attached hydrogen (secondary N) is 2. The van der Waals surface area contributed by atoms with Gasteiger partial charge in [-0.25, -0.2) is 8.42 Å². The van der Waals surface area contributed by atoms with E-state index in [1.807, 2.05) is 19.1 Å². The summed E-state index contributed by atoms with van der Waals surface area (Å²) in [5.41, 5.74) is 1.57. The molecule has 0 aliphatic carbocycles. The molecule has 0 aromatic heterocycles. The monoisotopic (exact) mass is 484 g/mol. The van der Waals surface area contributed by atoms with Crippen molar-refractivity contribution in [1.29, 1.82) is 0 Å². The highest BCUT2D eigenvalue weighted by Gasteiger charge is 2.34. The number of nitrogens with zero attached hydrogens (tertiary/aromatic N) is 1. The maximum absolute atomic E-state index is 13.0. The molecule has 0 radical (unpaired) electrons. The van der Waals surface area contributed by atoms with Crippen molar-refractivity contribution in [1.82, 2.24) is 4.31 Å². The number of amides is 1. The van der Waals surface area contributed by atoms with E-state index in [9.17, 15) is 13.2 Å². The number of hydrogen-bond acceptors (Lipinski definition) is 3. The van der Waals surface area contributed by atoms with Gasteiger partial charge in [0.2, 0.25) is 10.0 Å². The molecular formula is C22H28Cl2N3O3S+. The van der Waals surface area contributed by atoms with Crippen LogP contribution in [0, 0.1) is 0 Å². The number of carbonyl (C=O) groups excluding carboxylic acids is 1. The lowest BCUT2D eigenvalue weighted by atomic mass is 10.0. The van der Waals surface area contributed by atoms with Gasteiger partial charge in [-0.3, -0.25) is 4.79 Å². The number of quaternary nitrogens is 1. The normalized spacial score (nSPS) is 17.0. The van der Waals surface area contributed by atoms with Crippen LogP contribution >= 0.6 is 23.2 Å². The molecule has 0 unspecified atom stereocenters. The Balaban J connectivity index is 1.61. The van der Waals surface area contributed by atoms with Gasteiger partial charge in [0.15, 0.2) is 6.04 Å². The van der Waals surface area contributed by atoms with Gasteiger partial charge in [-0.1, -0.05) is 49.2 Å². The molecule has 1 aliphatic rings. The second-order valence-electron chi connectivity index (χ2n) is 8.12. The van der Waals surface area contributed by atoms with E-state index in [0.717, 1.165) is 10.5 Å². The molecule has 1 aliphatic heterocycles. The van der Waals surface area contributed by atoms with Gasteiger partial charge in [-0.15, -0.1) is 0 Å². The third-order valence-electron chi connectivity index (χ3n) is 5.74. The predicted octanol–water partition coefficient (Wildman–Crippen LogP) is 3.03. The van der Waals surface area contributed by atoms with Crippen molar-refractivity contribution >= 4 is 44.8 Å². The molecule has 2 N–H and O–H groups in total. The SMILES string of the molecule is CC(C)c1ccc(S(=O)(=O)N2CC[NH+]([C@H](C)C(=O)Nc3cc(Cl)ccc3Cl)CC2)cc1. The van der Waals surface area contributed by atoms with Crippen LogP contribution in [-0.2, 0) is 14.8 Å². The summed E-state index contributed by atoms with van der Waals surface area (Å²) in [6.07, 6.45) is 0. The smallest absolute Gasteiger partial charge is 0.282 e. The fourth-order valence-electron chi connectivity index (χ4n) is 3.64. The van der Waals surface area contributed by atoms with Crippen LogP contribution in [0.4, 0.5) is 5.69 Å². The second-order valence-corrected chi connectivity index (χ2v) is 10.9. The van der Waals surface area contributed by atoms with Crippen molar-refractivity contribution in [2.75, 3.05) is 31.5 Å². The van der Waals surface area contributed by atoms with Crippen molar-refractivity contribution in [3.05, 3.63) is 58.1 Å². The molecule has 6 nitrogen and oxygen atoms in total. The molecule has 1 saturated heterocycles. The minimum atomic E-state index is -3.55. The first kappa shape index (κ1) is 24.0. The Morgan fingerprint density at radius 1 is 1.03 bits per heavy atom. The van der Waals surface area contributed by atoms with Crippen molar-refractivity contribution < 1.29 is 18.1 Å². The first-order valence-corrected chi connectivity index (χ1v) is 12.5. The molecule has 1 amide bonds. The maximum atomic E-state index is 13.0. The van der Waals surface area contributed by atoms with Crippen LogP contribution in [0.1, 0.15) is 32.3 Å². The third-order valence-corrected chi connectivity index (χ3v) is 8.22. The zero-order valence-electron chi connectivity index (χ0n) is 17.9. The molecule has 0 spiro atoms. The van der Waals surface area contributed by atoms with Gasteiger partial charge < -0.3 is 10.2 Å². The Morgan fingerprint density at radius 3 is 2.23 bits per heavy atom. The largest absolute Gasteiger partial charge is 0.323 e. The van der Waals surface area contributed by atoms with Crippen molar-refractivity contribution in [2.24, 2.45) is 0 Å². The molecular weight excluding hydrogens is 457 g/mol. The number of piperazine rings is 1. The molecule has 2 aromatic rings. The van der Waals surface area contributed by atoms with E-state index >= 15 is 0 Å². The van der Waals surface area contributed by atoms with Crippen LogP contribution in [0.3, 0.4) is 0 Å². The van der Waals surface area contributed by atoms with E-state index in [1.54, 1.807) is 30.3 Å². The Bertz CT molecular complexity index is 1030. The fraction of sp³-hybridized carbons (Fsp3) is 0.409. The van der Waals surface area contributed by atoms with E-state index in [-0.39, 0.29) is 11.9 Å². The van der Waals surface area contributed by atoms with Gasteiger partial charge >= 0.3 is 0 Å². The molecule has 1 fully saturated rings. The molecule has 3 rings (SSSR count). The molecule has 1 atom stereocenters. The van der Waals surface area contributed by atoms with Crippen molar-refractivity contribution in [3.8, 4) is 0 Å². The molecule has 31 heavy (non-hydrogen) atoms. The first-order valence-electron chi connectivity index (χ1n) is 10.3. The summed E-state index contributed by atoms with van der Waals surface area (Å²) in [7, 11) is -3.55. The van der Waals surface area contributed by atoms with Crippen LogP contribution in [0.25, 0.3) is 0 Å².